The molecule has 4 nitrogen and oxygen atoms in total. The predicted octanol–water partition coefficient (Wildman–Crippen LogP) is 4.98. The molecule has 0 fully saturated rings. The summed E-state index contributed by atoms with van der Waals surface area (Å²) in [6.07, 6.45) is 7.63. The Morgan fingerprint density at radius 2 is 1.71 bits per heavy atom. The van der Waals surface area contributed by atoms with Gasteiger partial charge in [-0.3, -0.25) is 4.79 Å². The second-order valence-corrected chi connectivity index (χ2v) is 6.21. The van der Waals surface area contributed by atoms with E-state index in [-0.39, 0.29) is 12.5 Å². The summed E-state index contributed by atoms with van der Waals surface area (Å²) in [5.74, 6) is 0.348. The van der Waals surface area contributed by atoms with Crippen molar-refractivity contribution in [3.63, 3.8) is 0 Å². The quantitative estimate of drug-likeness (QED) is 0.362. The van der Waals surface area contributed by atoms with Gasteiger partial charge in [0.25, 0.3) is 5.91 Å². The number of hydrogen-bond donors (Lipinski definition) is 1. The molecule has 3 rings (SSSR count). The highest BCUT2D eigenvalue weighted by molar-refractivity contribution is 5.94. The molecule has 0 aromatic heterocycles. The van der Waals surface area contributed by atoms with Crippen molar-refractivity contribution in [2.75, 3.05) is 6.61 Å². The van der Waals surface area contributed by atoms with Gasteiger partial charge >= 0.3 is 0 Å². The molecule has 1 amide bonds. The fourth-order valence-corrected chi connectivity index (χ4v) is 2.55. The maximum absolute atomic E-state index is 11.9. The largest absolute Gasteiger partial charge is 0.484 e. The van der Waals surface area contributed by atoms with Crippen LogP contribution in [0.15, 0.2) is 96.1 Å². The molecule has 0 saturated heterocycles. The highest BCUT2D eigenvalue weighted by Gasteiger charge is 2.02. The van der Waals surface area contributed by atoms with E-state index in [0.717, 1.165) is 16.3 Å². The summed E-state index contributed by atoms with van der Waals surface area (Å²) < 4.78 is 5.55. The molecule has 1 N–H and O–H groups in total. The Labute approximate surface area is 164 Å². The Bertz CT molecular complexity index is 1020. The van der Waals surface area contributed by atoms with Crippen molar-refractivity contribution in [1.29, 1.82) is 0 Å². The van der Waals surface area contributed by atoms with E-state index in [1.807, 2.05) is 104 Å². The molecular weight excluding hydrogens is 348 g/mol. The van der Waals surface area contributed by atoms with Crippen molar-refractivity contribution in [2.24, 2.45) is 5.10 Å². The van der Waals surface area contributed by atoms with E-state index in [4.69, 9.17) is 4.74 Å². The van der Waals surface area contributed by atoms with E-state index in [9.17, 15) is 4.79 Å². The van der Waals surface area contributed by atoms with Crippen LogP contribution in [0.4, 0.5) is 0 Å². The third-order valence-corrected chi connectivity index (χ3v) is 3.98. The number of fused-ring (bicyclic) bond motifs is 1. The van der Waals surface area contributed by atoms with Gasteiger partial charge in [0.15, 0.2) is 6.61 Å². The summed E-state index contributed by atoms with van der Waals surface area (Å²) in [5.41, 5.74) is 4.31. The fourth-order valence-electron chi connectivity index (χ4n) is 2.55. The van der Waals surface area contributed by atoms with Gasteiger partial charge in [0, 0.05) is 0 Å². The second-order valence-electron chi connectivity index (χ2n) is 6.21. The van der Waals surface area contributed by atoms with Gasteiger partial charge in [0.1, 0.15) is 5.75 Å². The van der Waals surface area contributed by atoms with E-state index in [1.54, 1.807) is 0 Å². The number of allylic oxidation sites excluding steroid dienone is 3. The van der Waals surface area contributed by atoms with E-state index < -0.39 is 0 Å². The first-order chi connectivity index (χ1) is 13.7. The first-order valence-corrected chi connectivity index (χ1v) is 9.05. The van der Waals surface area contributed by atoms with Crippen LogP contribution in [0.5, 0.6) is 5.75 Å². The molecule has 0 heterocycles. The number of carbonyl (C=O) groups is 1. The Morgan fingerprint density at radius 3 is 2.54 bits per heavy atom. The van der Waals surface area contributed by atoms with Crippen LogP contribution in [0.2, 0.25) is 0 Å². The van der Waals surface area contributed by atoms with Crippen LogP contribution in [-0.2, 0) is 4.79 Å². The smallest absolute Gasteiger partial charge is 0.277 e. The van der Waals surface area contributed by atoms with Crippen molar-refractivity contribution in [1.82, 2.24) is 5.43 Å². The minimum absolute atomic E-state index is 0.0905. The van der Waals surface area contributed by atoms with Crippen LogP contribution >= 0.6 is 0 Å². The van der Waals surface area contributed by atoms with Gasteiger partial charge in [-0.15, -0.1) is 0 Å². The Hall–Kier alpha value is -3.66. The third kappa shape index (κ3) is 5.95. The summed E-state index contributed by atoms with van der Waals surface area (Å²) in [6.45, 7) is 1.73. The average molecular weight is 370 g/mol. The highest BCUT2D eigenvalue weighted by Crippen LogP contribution is 2.20. The molecule has 4 heteroatoms. The lowest BCUT2D eigenvalue weighted by Crippen LogP contribution is -2.25. The molecule has 28 heavy (non-hydrogen) atoms. The first kappa shape index (κ1) is 19.1. The number of ether oxygens (including phenoxy) is 1. The van der Waals surface area contributed by atoms with Crippen LogP contribution in [0.25, 0.3) is 16.8 Å². The summed E-state index contributed by atoms with van der Waals surface area (Å²) in [6, 6.07) is 23.8. The highest BCUT2D eigenvalue weighted by atomic mass is 16.5. The average Bonchev–Trinajstić information content (AvgIpc) is 2.74. The van der Waals surface area contributed by atoms with Gasteiger partial charge in [-0.1, -0.05) is 78.9 Å². The zero-order valence-corrected chi connectivity index (χ0v) is 15.7. The molecule has 0 aliphatic heterocycles. The zero-order chi connectivity index (χ0) is 19.6. The molecule has 0 saturated carbocycles. The van der Waals surface area contributed by atoms with Crippen molar-refractivity contribution >= 4 is 28.5 Å². The molecule has 0 atom stereocenters. The summed E-state index contributed by atoms with van der Waals surface area (Å²) in [7, 11) is 0. The Morgan fingerprint density at radius 1 is 0.964 bits per heavy atom. The maximum atomic E-state index is 11.9. The number of amides is 1. The van der Waals surface area contributed by atoms with Crippen molar-refractivity contribution < 1.29 is 9.53 Å². The minimum Gasteiger partial charge on any atom is -0.484 e. The van der Waals surface area contributed by atoms with Gasteiger partial charge in [-0.2, -0.15) is 5.10 Å². The number of hydrogen-bond acceptors (Lipinski definition) is 3. The van der Waals surface area contributed by atoms with E-state index in [2.05, 4.69) is 10.5 Å². The monoisotopic (exact) mass is 370 g/mol. The second kappa shape index (κ2) is 9.88. The maximum Gasteiger partial charge on any atom is 0.277 e. The van der Waals surface area contributed by atoms with Gasteiger partial charge in [0.05, 0.1) is 5.71 Å². The molecule has 140 valence electrons. The zero-order valence-electron chi connectivity index (χ0n) is 15.7. The lowest BCUT2D eigenvalue weighted by atomic mass is 10.1. The molecule has 0 aliphatic rings. The van der Waals surface area contributed by atoms with Crippen molar-refractivity contribution in [3.8, 4) is 5.75 Å². The van der Waals surface area contributed by atoms with Gasteiger partial charge in [-0.05, 0) is 41.5 Å². The van der Waals surface area contributed by atoms with Gasteiger partial charge in [-0.25, -0.2) is 5.43 Å². The lowest BCUT2D eigenvalue weighted by Gasteiger charge is -2.06. The van der Waals surface area contributed by atoms with Crippen molar-refractivity contribution in [3.05, 3.63) is 96.6 Å². The molecule has 0 unspecified atom stereocenters. The lowest BCUT2D eigenvalue weighted by molar-refractivity contribution is -0.123. The third-order valence-electron chi connectivity index (χ3n) is 3.98. The van der Waals surface area contributed by atoms with Crippen LogP contribution in [0.1, 0.15) is 12.5 Å². The molecule has 0 radical (unpaired) electrons. The fraction of sp³-hybridized carbons (Fsp3) is 0.0833. The van der Waals surface area contributed by atoms with Crippen LogP contribution in [0.3, 0.4) is 0 Å². The number of carbonyl (C=O) groups excluding carboxylic acids is 1. The SMILES string of the molecule is CC(/C=C/C=C/c1ccccc1)=N\NC(=O)COc1ccc2ccccc2c1. The topological polar surface area (TPSA) is 50.7 Å². The first-order valence-electron chi connectivity index (χ1n) is 9.05. The molecule has 3 aromatic carbocycles. The number of nitrogens with one attached hydrogen (secondary N) is 1. The summed E-state index contributed by atoms with van der Waals surface area (Å²) in [4.78, 5) is 11.9. The number of benzene rings is 3. The van der Waals surface area contributed by atoms with Gasteiger partial charge < -0.3 is 4.74 Å². The normalized spacial score (nSPS) is 12.0. The molecule has 0 aliphatic carbocycles. The predicted molar refractivity (Wildman–Crippen MR) is 115 cm³/mol. The van der Waals surface area contributed by atoms with Crippen LogP contribution in [0, 0.1) is 0 Å². The molecule has 0 bridgehead atoms. The Balaban J connectivity index is 1.45. The van der Waals surface area contributed by atoms with E-state index in [0.29, 0.717) is 11.5 Å². The van der Waals surface area contributed by atoms with Crippen LogP contribution < -0.4 is 10.2 Å². The Kier molecular flexibility index (Phi) is 6.74. The molecule has 3 aromatic rings. The number of nitrogens with zero attached hydrogens (tertiary/aromatic N) is 1. The van der Waals surface area contributed by atoms with Gasteiger partial charge in [0.2, 0.25) is 0 Å². The van der Waals surface area contributed by atoms with Crippen molar-refractivity contribution in [2.45, 2.75) is 6.92 Å². The molecular formula is C24H22N2O2. The van der Waals surface area contributed by atoms with E-state index >= 15 is 0 Å². The number of rotatable bonds is 7. The standard InChI is InChI=1S/C24H22N2O2/c1-19(9-5-6-12-20-10-3-2-4-11-20)25-26-24(27)18-28-23-16-15-21-13-7-8-14-22(21)17-23/h2-17H,18H2,1H3,(H,26,27)/b9-5+,12-6+,25-19+. The number of hydrazone groups is 1. The summed E-state index contributed by atoms with van der Waals surface area (Å²) in [5, 5.41) is 6.25. The minimum atomic E-state index is -0.305. The summed E-state index contributed by atoms with van der Waals surface area (Å²) >= 11 is 0. The van der Waals surface area contributed by atoms with E-state index in [1.165, 1.54) is 0 Å². The molecule has 0 spiro atoms. The van der Waals surface area contributed by atoms with Crippen LogP contribution in [-0.4, -0.2) is 18.2 Å².